The zero-order valence-corrected chi connectivity index (χ0v) is 17.3. The molecule has 0 aliphatic heterocycles. The number of carbonyl (C=O) groups is 2. The van der Waals surface area contributed by atoms with E-state index in [1.54, 1.807) is 59.9 Å². The van der Waals surface area contributed by atoms with Gasteiger partial charge in [0.1, 0.15) is 0 Å². The van der Waals surface area contributed by atoms with E-state index in [0.717, 1.165) is 5.56 Å². The molecule has 0 atom stereocenters. The molecule has 2 aromatic carbocycles. The molecule has 144 valence electrons. The standard InChI is InChI=1S/C20H24ClN3O2S/c1-23(13-19(25)22-18-7-5-4-6-17(18)21)14-20(26)24(2)12-15-8-10-16(27-3)11-9-15/h4-11H,12-14H2,1-3H3,(H,22,25). The molecule has 27 heavy (non-hydrogen) atoms. The second-order valence-electron chi connectivity index (χ2n) is 6.30. The van der Waals surface area contributed by atoms with Crippen molar-refractivity contribution in [1.29, 1.82) is 0 Å². The molecule has 0 saturated heterocycles. The van der Waals surface area contributed by atoms with Crippen molar-refractivity contribution < 1.29 is 9.59 Å². The lowest BCUT2D eigenvalue weighted by Crippen LogP contribution is -2.39. The summed E-state index contributed by atoms with van der Waals surface area (Å²) in [5, 5.41) is 3.24. The van der Waals surface area contributed by atoms with Crippen LogP contribution in [0.3, 0.4) is 0 Å². The quantitative estimate of drug-likeness (QED) is 0.682. The van der Waals surface area contributed by atoms with Gasteiger partial charge in [-0.2, -0.15) is 0 Å². The van der Waals surface area contributed by atoms with Gasteiger partial charge >= 0.3 is 0 Å². The topological polar surface area (TPSA) is 52.7 Å². The first-order valence-corrected chi connectivity index (χ1v) is 10.1. The Bertz CT molecular complexity index is 783. The van der Waals surface area contributed by atoms with Gasteiger partial charge in [0.05, 0.1) is 23.8 Å². The van der Waals surface area contributed by atoms with Gasteiger partial charge in [-0.05, 0) is 43.1 Å². The molecule has 0 saturated carbocycles. The molecule has 1 N–H and O–H groups in total. The third-order valence-corrected chi connectivity index (χ3v) is 5.04. The molecule has 0 unspecified atom stereocenters. The van der Waals surface area contributed by atoms with Gasteiger partial charge in [0, 0.05) is 18.5 Å². The number of amides is 2. The molecular weight excluding hydrogens is 382 g/mol. The predicted octanol–water partition coefficient (Wildman–Crippen LogP) is 3.59. The van der Waals surface area contributed by atoms with Crippen LogP contribution in [0.15, 0.2) is 53.4 Å². The van der Waals surface area contributed by atoms with E-state index >= 15 is 0 Å². The molecule has 2 aromatic rings. The SMILES string of the molecule is CSc1ccc(CN(C)C(=O)CN(C)CC(=O)Nc2ccccc2Cl)cc1. The number of halogens is 1. The van der Waals surface area contributed by atoms with Gasteiger partial charge in [0.25, 0.3) is 0 Å². The first kappa shape index (κ1) is 21.3. The zero-order chi connectivity index (χ0) is 19.8. The summed E-state index contributed by atoms with van der Waals surface area (Å²) in [6.45, 7) is 0.801. The molecular formula is C20H24ClN3O2S. The molecule has 5 nitrogen and oxygen atoms in total. The monoisotopic (exact) mass is 405 g/mol. The molecule has 0 aliphatic carbocycles. The van der Waals surface area contributed by atoms with Crippen LogP contribution >= 0.6 is 23.4 Å². The summed E-state index contributed by atoms with van der Waals surface area (Å²) >= 11 is 7.72. The van der Waals surface area contributed by atoms with Crippen LogP contribution in [0, 0.1) is 0 Å². The molecule has 0 heterocycles. The predicted molar refractivity (Wildman–Crippen MR) is 112 cm³/mol. The third-order valence-electron chi connectivity index (χ3n) is 3.97. The Balaban J connectivity index is 1.81. The number of likely N-dealkylation sites (N-methyl/N-ethyl adjacent to an activating group) is 2. The second kappa shape index (κ2) is 10.3. The number of thioether (sulfide) groups is 1. The molecule has 0 radical (unpaired) electrons. The lowest BCUT2D eigenvalue weighted by atomic mass is 10.2. The van der Waals surface area contributed by atoms with E-state index in [-0.39, 0.29) is 24.9 Å². The number of para-hydroxylation sites is 1. The summed E-state index contributed by atoms with van der Waals surface area (Å²) in [5.74, 6) is -0.259. The Kier molecular flexibility index (Phi) is 8.16. The Labute approximate surface area is 169 Å². The molecule has 2 amide bonds. The number of carbonyl (C=O) groups excluding carboxylic acids is 2. The number of benzene rings is 2. The highest BCUT2D eigenvalue weighted by Gasteiger charge is 2.15. The van der Waals surface area contributed by atoms with Crippen molar-refractivity contribution in [1.82, 2.24) is 9.80 Å². The minimum absolute atomic E-state index is 0.0445. The van der Waals surface area contributed by atoms with E-state index in [2.05, 4.69) is 5.32 Å². The van der Waals surface area contributed by atoms with Crippen molar-refractivity contribution in [3.05, 3.63) is 59.1 Å². The molecule has 0 fully saturated rings. The summed E-state index contributed by atoms with van der Waals surface area (Å²) < 4.78 is 0. The average Bonchev–Trinajstić information content (AvgIpc) is 2.64. The highest BCUT2D eigenvalue weighted by atomic mass is 35.5. The fourth-order valence-electron chi connectivity index (χ4n) is 2.50. The summed E-state index contributed by atoms with van der Waals surface area (Å²) in [6.07, 6.45) is 2.03. The highest BCUT2D eigenvalue weighted by Crippen LogP contribution is 2.20. The van der Waals surface area contributed by atoms with Gasteiger partial charge < -0.3 is 10.2 Å². The number of nitrogens with one attached hydrogen (secondary N) is 1. The molecule has 0 spiro atoms. The van der Waals surface area contributed by atoms with Crippen LogP contribution in [0.25, 0.3) is 0 Å². The van der Waals surface area contributed by atoms with Crippen molar-refractivity contribution in [2.75, 3.05) is 38.8 Å². The van der Waals surface area contributed by atoms with E-state index in [4.69, 9.17) is 11.6 Å². The fourth-order valence-corrected chi connectivity index (χ4v) is 3.09. The van der Waals surface area contributed by atoms with E-state index < -0.39 is 0 Å². The number of rotatable bonds is 8. The van der Waals surface area contributed by atoms with Crippen LogP contribution in [0.1, 0.15) is 5.56 Å². The van der Waals surface area contributed by atoms with Crippen LogP contribution in [-0.4, -0.2) is 55.1 Å². The Morgan fingerprint density at radius 1 is 1.04 bits per heavy atom. The van der Waals surface area contributed by atoms with Gasteiger partial charge in [0.15, 0.2) is 0 Å². The normalized spacial score (nSPS) is 10.7. The Hall–Kier alpha value is -2.02. The lowest BCUT2D eigenvalue weighted by molar-refractivity contribution is -0.131. The average molecular weight is 406 g/mol. The number of hydrogen-bond donors (Lipinski definition) is 1. The number of hydrogen-bond acceptors (Lipinski definition) is 4. The van der Waals surface area contributed by atoms with Crippen molar-refractivity contribution in [3.63, 3.8) is 0 Å². The van der Waals surface area contributed by atoms with Crippen molar-refractivity contribution in [2.24, 2.45) is 0 Å². The molecule has 0 aliphatic rings. The lowest BCUT2D eigenvalue weighted by Gasteiger charge is -2.22. The molecule has 2 rings (SSSR count). The number of anilines is 1. The summed E-state index contributed by atoms with van der Waals surface area (Å²) in [5.41, 5.74) is 1.64. The van der Waals surface area contributed by atoms with Gasteiger partial charge in [-0.3, -0.25) is 14.5 Å². The van der Waals surface area contributed by atoms with Gasteiger partial charge in [0.2, 0.25) is 11.8 Å². The maximum atomic E-state index is 12.4. The maximum Gasteiger partial charge on any atom is 0.238 e. The van der Waals surface area contributed by atoms with Crippen LogP contribution in [0.2, 0.25) is 5.02 Å². The van der Waals surface area contributed by atoms with Crippen LogP contribution in [-0.2, 0) is 16.1 Å². The van der Waals surface area contributed by atoms with Gasteiger partial charge in [-0.25, -0.2) is 0 Å². The maximum absolute atomic E-state index is 12.4. The van der Waals surface area contributed by atoms with E-state index in [0.29, 0.717) is 17.3 Å². The van der Waals surface area contributed by atoms with Crippen molar-refractivity contribution >= 4 is 40.9 Å². The van der Waals surface area contributed by atoms with Crippen molar-refractivity contribution in [2.45, 2.75) is 11.4 Å². The van der Waals surface area contributed by atoms with E-state index in [9.17, 15) is 9.59 Å². The zero-order valence-electron chi connectivity index (χ0n) is 15.7. The smallest absolute Gasteiger partial charge is 0.238 e. The van der Waals surface area contributed by atoms with Crippen molar-refractivity contribution in [3.8, 4) is 0 Å². The second-order valence-corrected chi connectivity index (χ2v) is 7.59. The highest BCUT2D eigenvalue weighted by molar-refractivity contribution is 7.98. The first-order valence-electron chi connectivity index (χ1n) is 8.49. The molecule has 7 heteroatoms. The molecule has 0 bridgehead atoms. The van der Waals surface area contributed by atoms with E-state index in [1.807, 2.05) is 30.5 Å². The fraction of sp³-hybridized carbons (Fsp3) is 0.300. The summed E-state index contributed by atoms with van der Waals surface area (Å²) in [4.78, 5) is 29.1. The van der Waals surface area contributed by atoms with Gasteiger partial charge in [-0.1, -0.05) is 35.9 Å². The Morgan fingerprint density at radius 2 is 1.70 bits per heavy atom. The summed E-state index contributed by atoms with van der Waals surface area (Å²) in [7, 11) is 3.51. The minimum atomic E-state index is -0.214. The first-order chi connectivity index (χ1) is 12.9. The minimum Gasteiger partial charge on any atom is -0.340 e. The van der Waals surface area contributed by atoms with Crippen LogP contribution in [0.5, 0.6) is 0 Å². The third kappa shape index (κ3) is 6.90. The van der Waals surface area contributed by atoms with Crippen LogP contribution < -0.4 is 5.32 Å². The van der Waals surface area contributed by atoms with Gasteiger partial charge in [-0.15, -0.1) is 11.8 Å². The van der Waals surface area contributed by atoms with Crippen LogP contribution in [0.4, 0.5) is 5.69 Å². The largest absolute Gasteiger partial charge is 0.340 e. The Morgan fingerprint density at radius 3 is 2.33 bits per heavy atom. The molecule has 0 aromatic heterocycles. The van der Waals surface area contributed by atoms with E-state index in [1.165, 1.54) is 4.90 Å². The number of nitrogens with zero attached hydrogens (tertiary/aromatic N) is 2. The summed E-state index contributed by atoms with van der Waals surface area (Å²) in [6, 6.07) is 15.2.